The summed E-state index contributed by atoms with van der Waals surface area (Å²) in [5.74, 6) is -4.55. The van der Waals surface area contributed by atoms with Crippen LogP contribution in [0.3, 0.4) is 0 Å². The van der Waals surface area contributed by atoms with E-state index in [1.54, 1.807) is 0 Å². The maximum absolute atomic E-state index is 12.6. The standard InChI is InChI=1S/C22H28N4O9S/c1-9(2)6-12-17(29)14(19(31)24-12)18(30)23-5-4-13(28)25-15-20(32)26-16(22(33)34)11(7-35-10(3)27)8-36-21(15)26/h9,12,15,21,29H,4-8H2,1-3H3,(H,23,30)(H,24,31)(H,25,28)(H,33,34)/t12?,15-,21-/m1/s1. The summed E-state index contributed by atoms with van der Waals surface area (Å²) in [6.07, 6.45) is 0.254. The number of aliphatic hydroxyl groups is 1. The minimum absolute atomic E-state index is 0.154. The number of fused-ring (bicyclic) bond motifs is 1. The smallest absolute Gasteiger partial charge is 0.352 e. The number of hydrogen-bond donors (Lipinski definition) is 5. The zero-order chi connectivity index (χ0) is 26.7. The fraction of sp³-hybridized carbons (Fsp3) is 0.545. The Hall–Kier alpha value is -3.55. The molecule has 3 atom stereocenters. The molecule has 5 N–H and O–H groups in total. The molecule has 1 unspecified atom stereocenters. The van der Waals surface area contributed by atoms with Crippen molar-refractivity contribution < 1.29 is 43.7 Å². The summed E-state index contributed by atoms with van der Waals surface area (Å²) >= 11 is 1.23. The number of esters is 1. The normalized spacial score (nSPS) is 23.2. The van der Waals surface area contributed by atoms with Crippen LogP contribution in [0.2, 0.25) is 0 Å². The van der Waals surface area contributed by atoms with Gasteiger partial charge in [0.25, 0.3) is 17.7 Å². The van der Waals surface area contributed by atoms with Crippen molar-refractivity contribution in [1.82, 2.24) is 20.9 Å². The van der Waals surface area contributed by atoms with Crippen molar-refractivity contribution in [2.75, 3.05) is 18.9 Å². The van der Waals surface area contributed by atoms with Gasteiger partial charge in [-0.1, -0.05) is 13.8 Å². The summed E-state index contributed by atoms with van der Waals surface area (Å²) in [7, 11) is 0. The molecule has 3 aliphatic rings. The van der Waals surface area contributed by atoms with Crippen LogP contribution in [0.15, 0.2) is 22.6 Å². The lowest BCUT2D eigenvalue weighted by Crippen LogP contribution is -2.70. The van der Waals surface area contributed by atoms with Crippen LogP contribution in [-0.4, -0.2) is 87.0 Å². The van der Waals surface area contributed by atoms with Crippen molar-refractivity contribution in [2.45, 2.75) is 51.1 Å². The zero-order valence-electron chi connectivity index (χ0n) is 20.0. The lowest BCUT2D eigenvalue weighted by Gasteiger charge is -2.49. The van der Waals surface area contributed by atoms with E-state index in [1.165, 1.54) is 18.7 Å². The second-order valence-corrected chi connectivity index (χ2v) is 10.0. The number of thioether (sulfide) groups is 1. The Morgan fingerprint density at radius 3 is 2.56 bits per heavy atom. The van der Waals surface area contributed by atoms with E-state index in [2.05, 4.69) is 16.0 Å². The fourth-order valence-corrected chi connectivity index (χ4v) is 5.38. The van der Waals surface area contributed by atoms with E-state index in [0.29, 0.717) is 6.42 Å². The first kappa shape index (κ1) is 27.0. The van der Waals surface area contributed by atoms with Gasteiger partial charge in [0.1, 0.15) is 35.1 Å². The zero-order valence-corrected chi connectivity index (χ0v) is 20.8. The molecule has 0 radical (unpaired) electrons. The van der Waals surface area contributed by atoms with E-state index in [0.717, 1.165) is 4.90 Å². The van der Waals surface area contributed by atoms with Gasteiger partial charge in [-0.2, -0.15) is 0 Å². The quantitative estimate of drug-likeness (QED) is 0.137. The number of carboxylic acids is 1. The van der Waals surface area contributed by atoms with Crippen LogP contribution in [0, 0.1) is 5.92 Å². The van der Waals surface area contributed by atoms with Crippen molar-refractivity contribution in [3.63, 3.8) is 0 Å². The van der Waals surface area contributed by atoms with Crippen LogP contribution in [0.25, 0.3) is 0 Å². The Labute approximate surface area is 210 Å². The highest BCUT2D eigenvalue weighted by atomic mass is 32.2. The number of carboxylic acid groups (broad SMARTS) is 1. The lowest BCUT2D eigenvalue weighted by molar-refractivity contribution is -0.151. The average Bonchev–Trinajstić information content (AvgIpc) is 3.06. The van der Waals surface area contributed by atoms with Gasteiger partial charge in [0, 0.05) is 31.2 Å². The van der Waals surface area contributed by atoms with Gasteiger partial charge in [-0.05, 0) is 12.3 Å². The number of hydrogen-bond acceptors (Lipinski definition) is 9. The number of rotatable bonds is 10. The van der Waals surface area contributed by atoms with Gasteiger partial charge < -0.3 is 30.9 Å². The molecule has 3 aliphatic heterocycles. The first-order valence-electron chi connectivity index (χ1n) is 11.3. The molecule has 14 heteroatoms. The molecule has 1 fully saturated rings. The van der Waals surface area contributed by atoms with E-state index < -0.39 is 53.0 Å². The largest absolute Gasteiger partial charge is 0.509 e. The highest BCUT2D eigenvalue weighted by Gasteiger charge is 2.54. The number of carbonyl (C=O) groups is 6. The molecule has 0 bridgehead atoms. The average molecular weight is 525 g/mol. The maximum atomic E-state index is 12.6. The molecule has 13 nitrogen and oxygen atoms in total. The minimum atomic E-state index is -1.34. The van der Waals surface area contributed by atoms with E-state index >= 15 is 0 Å². The van der Waals surface area contributed by atoms with Gasteiger partial charge in [-0.25, -0.2) is 4.79 Å². The molecule has 4 amide bonds. The van der Waals surface area contributed by atoms with Crippen LogP contribution in [0.5, 0.6) is 0 Å². The van der Waals surface area contributed by atoms with Crippen molar-refractivity contribution in [3.05, 3.63) is 22.6 Å². The number of β-lactam (4-membered cyclic amide) rings is 1. The fourth-order valence-electron chi connectivity index (χ4n) is 4.06. The summed E-state index contributed by atoms with van der Waals surface area (Å²) < 4.78 is 4.87. The highest BCUT2D eigenvalue weighted by Crippen LogP contribution is 2.40. The topological polar surface area (TPSA) is 191 Å². The number of aliphatic carboxylic acids is 1. The van der Waals surface area contributed by atoms with E-state index in [-0.39, 0.29) is 53.8 Å². The summed E-state index contributed by atoms with van der Waals surface area (Å²) in [6.45, 7) is 4.61. The summed E-state index contributed by atoms with van der Waals surface area (Å²) in [5.41, 5.74) is -0.368. The molecule has 0 saturated carbocycles. The molecule has 1 saturated heterocycles. The Balaban J connectivity index is 1.53. The number of carbonyl (C=O) groups excluding carboxylic acids is 5. The van der Waals surface area contributed by atoms with Gasteiger partial charge in [-0.15, -0.1) is 11.8 Å². The van der Waals surface area contributed by atoms with Crippen molar-refractivity contribution in [2.24, 2.45) is 5.92 Å². The molecule has 0 aromatic carbocycles. The van der Waals surface area contributed by atoms with Gasteiger partial charge in [0.2, 0.25) is 5.91 Å². The molecule has 3 rings (SSSR count). The van der Waals surface area contributed by atoms with Crippen molar-refractivity contribution in [1.29, 1.82) is 0 Å². The van der Waals surface area contributed by atoms with Crippen molar-refractivity contribution in [3.8, 4) is 0 Å². The first-order valence-corrected chi connectivity index (χ1v) is 12.3. The van der Waals surface area contributed by atoms with E-state index in [9.17, 15) is 39.0 Å². The second kappa shape index (κ2) is 11.0. The molecule has 36 heavy (non-hydrogen) atoms. The van der Waals surface area contributed by atoms with Gasteiger partial charge >= 0.3 is 11.9 Å². The highest BCUT2D eigenvalue weighted by molar-refractivity contribution is 8.00. The molecular weight excluding hydrogens is 496 g/mol. The number of nitrogens with zero attached hydrogens (tertiary/aromatic N) is 1. The third-order valence-corrected chi connectivity index (χ3v) is 7.05. The number of amides is 4. The lowest BCUT2D eigenvalue weighted by atomic mass is 10.0. The Morgan fingerprint density at radius 1 is 1.25 bits per heavy atom. The molecular formula is C22H28N4O9S. The molecule has 0 aromatic heterocycles. The number of ether oxygens (including phenoxy) is 1. The molecule has 196 valence electrons. The van der Waals surface area contributed by atoms with Gasteiger partial charge in [0.15, 0.2) is 0 Å². The summed E-state index contributed by atoms with van der Waals surface area (Å²) in [4.78, 5) is 73.2. The predicted molar refractivity (Wildman–Crippen MR) is 125 cm³/mol. The third kappa shape index (κ3) is 5.64. The monoisotopic (exact) mass is 524 g/mol. The van der Waals surface area contributed by atoms with Crippen molar-refractivity contribution >= 4 is 47.3 Å². The maximum Gasteiger partial charge on any atom is 0.352 e. The molecule has 0 aromatic rings. The van der Waals surface area contributed by atoms with Crippen LogP contribution < -0.4 is 16.0 Å². The number of aliphatic hydroxyl groups excluding tert-OH is 1. The van der Waals surface area contributed by atoms with Crippen LogP contribution in [0.1, 0.15) is 33.6 Å². The predicted octanol–water partition coefficient (Wildman–Crippen LogP) is -0.849. The summed E-state index contributed by atoms with van der Waals surface area (Å²) in [6, 6.07) is -1.59. The molecule has 3 heterocycles. The Kier molecular flexibility index (Phi) is 8.28. The third-order valence-electron chi connectivity index (χ3n) is 5.71. The first-order chi connectivity index (χ1) is 16.9. The second-order valence-electron chi connectivity index (χ2n) is 8.91. The molecule has 0 spiro atoms. The molecule has 0 aliphatic carbocycles. The van der Waals surface area contributed by atoms with E-state index in [4.69, 9.17) is 4.74 Å². The Bertz CT molecular complexity index is 1070. The Morgan fingerprint density at radius 2 is 1.94 bits per heavy atom. The van der Waals surface area contributed by atoms with Crippen LogP contribution >= 0.6 is 11.8 Å². The van der Waals surface area contributed by atoms with Gasteiger partial charge in [-0.3, -0.25) is 28.9 Å². The SMILES string of the molecule is CC(=O)OCC1=C(C(=O)O)N2C(=O)[C@@H](NC(=O)CCNC(=O)C3=C(O)C(CC(C)C)NC3=O)[C@H]2SC1. The van der Waals surface area contributed by atoms with E-state index in [1.807, 2.05) is 13.8 Å². The number of nitrogens with one attached hydrogen (secondary N) is 3. The van der Waals surface area contributed by atoms with Crippen LogP contribution in [0.4, 0.5) is 0 Å². The minimum Gasteiger partial charge on any atom is -0.509 e. The summed E-state index contributed by atoms with van der Waals surface area (Å²) in [5, 5.41) is 26.6. The van der Waals surface area contributed by atoms with Crippen LogP contribution in [-0.2, 0) is 33.5 Å². The van der Waals surface area contributed by atoms with Gasteiger partial charge in [0.05, 0.1) is 6.04 Å².